The van der Waals surface area contributed by atoms with Crippen LogP contribution in [0, 0.1) is 6.92 Å². The number of hydrogen-bond donors (Lipinski definition) is 2. The lowest BCUT2D eigenvalue weighted by Crippen LogP contribution is -2.41. The van der Waals surface area contributed by atoms with Gasteiger partial charge in [-0.2, -0.15) is 0 Å². The lowest BCUT2D eigenvalue weighted by Gasteiger charge is -2.29. The zero-order chi connectivity index (χ0) is 18.4. The number of ether oxygens (including phenoxy) is 2. The smallest absolute Gasteiger partial charge is 0.319 e. The second-order valence-electron chi connectivity index (χ2n) is 6.60. The minimum Gasteiger partial charge on any atom is -0.497 e. The van der Waals surface area contributed by atoms with Crippen LogP contribution in [-0.4, -0.2) is 30.3 Å². The number of methoxy groups -OCH3 is 1. The largest absolute Gasteiger partial charge is 0.497 e. The van der Waals surface area contributed by atoms with E-state index in [2.05, 4.69) is 15.6 Å². The van der Waals surface area contributed by atoms with Crippen LogP contribution >= 0.6 is 0 Å². The zero-order valence-corrected chi connectivity index (χ0v) is 15.2. The van der Waals surface area contributed by atoms with Crippen LogP contribution in [0.15, 0.2) is 42.6 Å². The molecule has 0 saturated heterocycles. The number of nitrogens with one attached hydrogen (secondary N) is 2. The molecule has 2 N–H and O–H groups in total. The van der Waals surface area contributed by atoms with Crippen LogP contribution in [0.1, 0.15) is 31.2 Å². The van der Waals surface area contributed by atoms with Crippen LogP contribution in [0.25, 0.3) is 0 Å². The molecular formula is C20H25N3O3. The fourth-order valence-electron chi connectivity index (χ4n) is 3.07. The van der Waals surface area contributed by atoms with Gasteiger partial charge in [0.15, 0.2) is 0 Å². The SMILES string of the molecule is COc1cccc(NC(=O)NC2CCC(Oc3ccc(C)cn3)CC2)c1. The number of pyridine rings is 1. The Morgan fingerprint density at radius 2 is 1.96 bits per heavy atom. The normalized spacial score (nSPS) is 19.5. The molecule has 26 heavy (non-hydrogen) atoms. The maximum absolute atomic E-state index is 12.2. The number of rotatable bonds is 5. The Balaban J connectivity index is 1.43. The molecule has 2 amide bonds. The standard InChI is InChI=1S/C20H25N3O3/c1-14-6-11-19(21-13-14)26-17-9-7-15(8-10-17)22-20(24)23-16-4-3-5-18(12-16)25-2/h3-6,11-13,15,17H,7-10H2,1-2H3,(H2,22,23,24). The van der Waals surface area contributed by atoms with Crippen molar-refractivity contribution in [1.82, 2.24) is 10.3 Å². The van der Waals surface area contributed by atoms with Crippen molar-refractivity contribution >= 4 is 11.7 Å². The van der Waals surface area contributed by atoms with E-state index in [0.29, 0.717) is 17.3 Å². The van der Waals surface area contributed by atoms with Crippen LogP contribution in [-0.2, 0) is 0 Å². The van der Waals surface area contributed by atoms with Gasteiger partial charge in [0.05, 0.1) is 7.11 Å². The van der Waals surface area contributed by atoms with E-state index in [1.165, 1.54) is 0 Å². The number of urea groups is 1. The summed E-state index contributed by atoms with van der Waals surface area (Å²) in [5, 5.41) is 5.88. The van der Waals surface area contributed by atoms with Gasteiger partial charge in [0.1, 0.15) is 11.9 Å². The van der Waals surface area contributed by atoms with Crippen molar-refractivity contribution in [3.63, 3.8) is 0 Å². The van der Waals surface area contributed by atoms with Gasteiger partial charge in [0, 0.05) is 30.1 Å². The molecule has 3 rings (SSSR count). The van der Waals surface area contributed by atoms with Crippen molar-refractivity contribution in [1.29, 1.82) is 0 Å². The van der Waals surface area contributed by atoms with Gasteiger partial charge in [-0.15, -0.1) is 0 Å². The molecule has 6 heteroatoms. The molecule has 0 spiro atoms. The Labute approximate surface area is 153 Å². The fraction of sp³-hybridized carbons (Fsp3) is 0.400. The molecule has 0 radical (unpaired) electrons. The van der Waals surface area contributed by atoms with E-state index in [4.69, 9.17) is 9.47 Å². The number of aromatic nitrogens is 1. The number of nitrogens with zero attached hydrogens (tertiary/aromatic N) is 1. The Bertz CT molecular complexity index is 725. The Kier molecular flexibility index (Phi) is 5.94. The maximum Gasteiger partial charge on any atom is 0.319 e. The highest BCUT2D eigenvalue weighted by Crippen LogP contribution is 2.23. The molecule has 2 aromatic rings. The molecule has 1 fully saturated rings. The highest BCUT2D eigenvalue weighted by Gasteiger charge is 2.24. The molecule has 6 nitrogen and oxygen atoms in total. The monoisotopic (exact) mass is 355 g/mol. The van der Waals surface area contributed by atoms with Crippen molar-refractivity contribution < 1.29 is 14.3 Å². The first-order chi connectivity index (χ1) is 12.6. The zero-order valence-electron chi connectivity index (χ0n) is 15.2. The number of carbonyl (C=O) groups is 1. The van der Waals surface area contributed by atoms with Crippen molar-refractivity contribution in [2.24, 2.45) is 0 Å². The van der Waals surface area contributed by atoms with Crippen molar-refractivity contribution in [3.05, 3.63) is 48.2 Å². The molecule has 0 aliphatic heterocycles. The molecule has 1 aliphatic carbocycles. The highest BCUT2D eigenvalue weighted by molar-refractivity contribution is 5.89. The van der Waals surface area contributed by atoms with E-state index >= 15 is 0 Å². The third-order valence-corrected chi connectivity index (χ3v) is 4.51. The molecular weight excluding hydrogens is 330 g/mol. The van der Waals surface area contributed by atoms with Crippen LogP contribution in [0.5, 0.6) is 11.6 Å². The lowest BCUT2D eigenvalue weighted by molar-refractivity contribution is 0.135. The average molecular weight is 355 g/mol. The second-order valence-corrected chi connectivity index (χ2v) is 6.60. The molecule has 1 aliphatic rings. The third-order valence-electron chi connectivity index (χ3n) is 4.51. The Morgan fingerprint density at radius 1 is 1.15 bits per heavy atom. The summed E-state index contributed by atoms with van der Waals surface area (Å²) in [4.78, 5) is 16.5. The summed E-state index contributed by atoms with van der Waals surface area (Å²) in [7, 11) is 1.60. The van der Waals surface area contributed by atoms with Crippen LogP contribution in [0.3, 0.4) is 0 Å². The van der Waals surface area contributed by atoms with Gasteiger partial charge in [0.2, 0.25) is 5.88 Å². The van der Waals surface area contributed by atoms with Gasteiger partial charge >= 0.3 is 6.03 Å². The van der Waals surface area contributed by atoms with Crippen LogP contribution < -0.4 is 20.1 Å². The number of anilines is 1. The first-order valence-corrected chi connectivity index (χ1v) is 8.93. The number of carbonyl (C=O) groups excluding carboxylic acids is 1. The van der Waals surface area contributed by atoms with E-state index in [1.54, 1.807) is 13.2 Å². The van der Waals surface area contributed by atoms with Gasteiger partial charge in [-0.3, -0.25) is 0 Å². The van der Waals surface area contributed by atoms with Crippen molar-refractivity contribution in [2.75, 3.05) is 12.4 Å². The van der Waals surface area contributed by atoms with Crippen LogP contribution in [0.2, 0.25) is 0 Å². The van der Waals surface area contributed by atoms with Crippen molar-refractivity contribution in [2.45, 2.75) is 44.8 Å². The van der Waals surface area contributed by atoms with E-state index in [9.17, 15) is 4.79 Å². The Morgan fingerprint density at radius 3 is 2.65 bits per heavy atom. The second kappa shape index (κ2) is 8.56. The summed E-state index contributed by atoms with van der Waals surface area (Å²) in [6.07, 6.45) is 5.55. The van der Waals surface area contributed by atoms with E-state index in [0.717, 1.165) is 31.2 Å². The quantitative estimate of drug-likeness (QED) is 0.853. The minimum atomic E-state index is -0.192. The topological polar surface area (TPSA) is 72.5 Å². The molecule has 1 heterocycles. The van der Waals surface area contributed by atoms with Crippen LogP contribution in [0.4, 0.5) is 10.5 Å². The molecule has 1 aromatic heterocycles. The van der Waals surface area contributed by atoms with E-state index < -0.39 is 0 Å². The van der Waals surface area contributed by atoms with Gasteiger partial charge in [-0.05, 0) is 50.3 Å². The van der Waals surface area contributed by atoms with E-state index in [-0.39, 0.29) is 18.2 Å². The number of aryl methyl sites for hydroxylation is 1. The molecule has 138 valence electrons. The third kappa shape index (κ3) is 5.12. The highest BCUT2D eigenvalue weighted by atomic mass is 16.5. The maximum atomic E-state index is 12.2. The molecule has 1 saturated carbocycles. The lowest BCUT2D eigenvalue weighted by atomic mass is 9.93. The number of hydrogen-bond acceptors (Lipinski definition) is 4. The summed E-state index contributed by atoms with van der Waals surface area (Å²) in [6.45, 7) is 2.00. The predicted octanol–water partition coefficient (Wildman–Crippen LogP) is 3.91. The Hall–Kier alpha value is -2.76. The van der Waals surface area contributed by atoms with Gasteiger partial charge in [-0.25, -0.2) is 9.78 Å². The van der Waals surface area contributed by atoms with Crippen molar-refractivity contribution in [3.8, 4) is 11.6 Å². The number of amides is 2. The fourth-order valence-corrected chi connectivity index (χ4v) is 3.07. The molecule has 0 unspecified atom stereocenters. The summed E-state index contributed by atoms with van der Waals surface area (Å²) in [6, 6.07) is 11.2. The first kappa shape index (κ1) is 18.0. The summed E-state index contributed by atoms with van der Waals surface area (Å²) in [5.74, 6) is 1.38. The molecule has 0 bridgehead atoms. The van der Waals surface area contributed by atoms with E-state index in [1.807, 2.05) is 43.5 Å². The minimum absolute atomic E-state index is 0.157. The predicted molar refractivity (Wildman–Crippen MR) is 101 cm³/mol. The van der Waals surface area contributed by atoms with Gasteiger partial charge < -0.3 is 20.1 Å². The van der Waals surface area contributed by atoms with Gasteiger partial charge in [-0.1, -0.05) is 12.1 Å². The summed E-state index contributed by atoms with van der Waals surface area (Å²) in [5.41, 5.74) is 1.83. The molecule has 0 atom stereocenters. The summed E-state index contributed by atoms with van der Waals surface area (Å²) >= 11 is 0. The molecule has 1 aromatic carbocycles. The van der Waals surface area contributed by atoms with Gasteiger partial charge in [0.25, 0.3) is 0 Å². The average Bonchev–Trinajstić information content (AvgIpc) is 2.65. The number of benzene rings is 1. The first-order valence-electron chi connectivity index (χ1n) is 8.93. The summed E-state index contributed by atoms with van der Waals surface area (Å²) < 4.78 is 11.1.